The Balaban J connectivity index is 1.35. The first-order valence-corrected chi connectivity index (χ1v) is 12.2. The van der Waals surface area contributed by atoms with Crippen LogP contribution in [0.4, 0.5) is 4.39 Å². The lowest BCUT2D eigenvalue weighted by Gasteiger charge is -2.28. The van der Waals surface area contributed by atoms with E-state index in [0.717, 1.165) is 24.3 Å². The largest absolute Gasteiger partial charge is 0.494 e. The van der Waals surface area contributed by atoms with Crippen molar-refractivity contribution in [2.45, 2.75) is 71.1 Å². The van der Waals surface area contributed by atoms with Crippen LogP contribution in [-0.2, 0) is 0 Å². The molecule has 0 spiro atoms. The molecule has 176 valence electrons. The van der Waals surface area contributed by atoms with E-state index in [-0.39, 0.29) is 11.3 Å². The van der Waals surface area contributed by atoms with Crippen LogP contribution in [-0.4, -0.2) is 12.6 Å². The number of unbranched alkanes of at least 4 members (excludes halogenated alkanes) is 2. The number of halogens is 1. The highest BCUT2D eigenvalue weighted by atomic mass is 19.1. The van der Waals surface area contributed by atoms with Gasteiger partial charge in [-0.15, -0.1) is 0 Å². The molecule has 0 saturated heterocycles. The Hall–Kier alpha value is -2.87. The molecule has 0 aliphatic heterocycles. The molecule has 0 radical (unpaired) electrons. The third-order valence-corrected chi connectivity index (χ3v) is 6.56. The minimum absolute atomic E-state index is 0.170. The molecule has 0 aromatic heterocycles. The number of ether oxygens (including phenoxy) is 2. The lowest BCUT2D eigenvalue weighted by Crippen LogP contribution is -2.15. The van der Waals surface area contributed by atoms with Crippen molar-refractivity contribution in [1.82, 2.24) is 0 Å². The summed E-state index contributed by atoms with van der Waals surface area (Å²) in [5.41, 5.74) is 0.477. The van der Waals surface area contributed by atoms with Crippen LogP contribution in [0.1, 0.15) is 87.1 Å². The first kappa shape index (κ1) is 24.8. The summed E-state index contributed by atoms with van der Waals surface area (Å²) in [6.45, 7) is 2.93. The predicted octanol–water partition coefficient (Wildman–Crippen LogP) is 7.46. The minimum atomic E-state index is -0.743. The molecule has 0 bridgehead atoms. The maximum absolute atomic E-state index is 13.9. The number of nitriles is 1. The van der Waals surface area contributed by atoms with Gasteiger partial charge < -0.3 is 9.47 Å². The zero-order valence-corrected chi connectivity index (χ0v) is 19.5. The summed E-state index contributed by atoms with van der Waals surface area (Å²) in [7, 11) is 0. The molecule has 5 heteroatoms. The highest BCUT2D eigenvalue weighted by Crippen LogP contribution is 2.34. The van der Waals surface area contributed by atoms with E-state index in [4.69, 9.17) is 14.7 Å². The van der Waals surface area contributed by atoms with Gasteiger partial charge in [-0.25, -0.2) is 9.18 Å². The van der Waals surface area contributed by atoms with Crippen LogP contribution in [0.5, 0.6) is 11.5 Å². The first-order valence-electron chi connectivity index (χ1n) is 12.2. The van der Waals surface area contributed by atoms with Crippen molar-refractivity contribution in [2.24, 2.45) is 11.8 Å². The highest BCUT2D eigenvalue weighted by molar-refractivity contribution is 5.91. The van der Waals surface area contributed by atoms with Gasteiger partial charge in [0, 0.05) is 0 Å². The van der Waals surface area contributed by atoms with Crippen LogP contribution in [0.3, 0.4) is 0 Å². The minimum Gasteiger partial charge on any atom is -0.494 e. The van der Waals surface area contributed by atoms with Crippen LogP contribution in [0, 0.1) is 29.0 Å². The van der Waals surface area contributed by atoms with Crippen LogP contribution in [0.2, 0.25) is 0 Å². The van der Waals surface area contributed by atoms with Crippen LogP contribution in [0.15, 0.2) is 42.5 Å². The average Bonchev–Trinajstić information content (AvgIpc) is 2.84. The van der Waals surface area contributed by atoms with Gasteiger partial charge in [0.25, 0.3) is 0 Å². The van der Waals surface area contributed by atoms with Crippen molar-refractivity contribution in [3.63, 3.8) is 0 Å². The molecule has 3 rings (SSSR count). The molecule has 0 heterocycles. The molecule has 1 saturated carbocycles. The summed E-state index contributed by atoms with van der Waals surface area (Å²) in [5.74, 6) is 0.881. The molecule has 4 nitrogen and oxygen atoms in total. The smallest absolute Gasteiger partial charge is 0.343 e. The van der Waals surface area contributed by atoms with E-state index < -0.39 is 11.8 Å². The summed E-state index contributed by atoms with van der Waals surface area (Å²) in [5, 5.41) is 8.79. The van der Waals surface area contributed by atoms with Crippen molar-refractivity contribution < 1.29 is 18.7 Å². The van der Waals surface area contributed by atoms with Crippen molar-refractivity contribution in [1.29, 1.82) is 5.26 Å². The van der Waals surface area contributed by atoms with E-state index in [0.29, 0.717) is 17.9 Å². The van der Waals surface area contributed by atoms with Crippen molar-refractivity contribution >= 4 is 5.97 Å². The normalized spacial score (nSPS) is 17.8. The number of hydrogen-bond acceptors (Lipinski definition) is 4. The number of hydrogen-bond donors (Lipinski definition) is 0. The van der Waals surface area contributed by atoms with Gasteiger partial charge in [0.05, 0.1) is 23.8 Å². The maximum atomic E-state index is 13.9. The number of benzene rings is 2. The zero-order valence-electron chi connectivity index (χ0n) is 19.5. The summed E-state index contributed by atoms with van der Waals surface area (Å²) in [6.07, 6.45) is 13.2. The molecule has 2 aromatic rings. The summed E-state index contributed by atoms with van der Waals surface area (Å²) in [6, 6.07) is 12.2. The molecule has 0 unspecified atom stereocenters. The van der Waals surface area contributed by atoms with Crippen LogP contribution in [0.25, 0.3) is 0 Å². The quantitative estimate of drug-likeness (QED) is 0.202. The fraction of sp³-hybridized carbons (Fsp3) is 0.500. The fourth-order valence-electron chi connectivity index (χ4n) is 4.55. The lowest BCUT2D eigenvalue weighted by molar-refractivity contribution is 0.0728. The topological polar surface area (TPSA) is 59.3 Å². The number of carbonyl (C=O) groups excluding carboxylic acids is 1. The third kappa shape index (κ3) is 7.89. The molecular weight excluding hydrogens is 417 g/mol. The third-order valence-electron chi connectivity index (χ3n) is 6.56. The second-order valence-electron chi connectivity index (χ2n) is 9.04. The Morgan fingerprint density at radius 2 is 1.67 bits per heavy atom. The summed E-state index contributed by atoms with van der Waals surface area (Å²) in [4.78, 5) is 12.3. The van der Waals surface area contributed by atoms with Gasteiger partial charge in [-0.2, -0.15) is 5.26 Å². The number of esters is 1. The van der Waals surface area contributed by atoms with Gasteiger partial charge in [-0.1, -0.05) is 58.3 Å². The molecule has 1 aliphatic carbocycles. The van der Waals surface area contributed by atoms with Gasteiger partial charge in [0.1, 0.15) is 5.75 Å². The molecule has 1 aliphatic rings. The van der Waals surface area contributed by atoms with Gasteiger partial charge >= 0.3 is 5.97 Å². The Morgan fingerprint density at radius 3 is 2.27 bits per heavy atom. The van der Waals surface area contributed by atoms with Crippen LogP contribution < -0.4 is 9.47 Å². The Kier molecular flexibility index (Phi) is 9.75. The number of rotatable bonds is 11. The van der Waals surface area contributed by atoms with Crippen molar-refractivity contribution in [2.75, 3.05) is 6.61 Å². The van der Waals surface area contributed by atoms with Crippen molar-refractivity contribution in [3.8, 4) is 17.6 Å². The second kappa shape index (κ2) is 13.0. The molecule has 1 fully saturated rings. The highest BCUT2D eigenvalue weighted by Gasteiger charge is 2.20. The lowest BCUT2D eigenvalue weighted by atomic mass is 9.78. The fourth-order valence-corrected chi connectivity index (χ4v) is 4.55. The summed E-state index contributed by atoms with van der Waals surface area (Å²) < 4.78 is 24.9. The maximum Gasteiger partial charge on any atom is 0.343 e. The van der Waals surface area contributed by atoms with Crippen LogP contribution >= 0.6 is 0 Å². The molecular formula is C28H34FNO3. The Morgan fingerprint density at radius 1 is 1.00 bits per heavy atom. The zero-order chi connectivity index (χ0) is 23.5. The van der Waals surface area contributed by atoms with E-state index in [1.54, 1.807) is 24.3 Å². The van der Waals surface area contributed by atoms with Gasteiger partial charge in [0.15, 0.2) is 11.6 Å². The number of nitrogens with zero attached hydrogens (tertiary/aromatic N) is 1. The molecule has 0 amide bonds. The van der Waals surface area contributed by atoms with Crippen molar-refractivity contribution in [3.05, 3.63) is 59.4 Å². The Bertz CT molecular complexity index is 927. The predicted molar refractivity (Wildman–Crippen MR) is 127 cm³/mol. The average molecular weight is 452 g/mol. The molecule has 2 aromatic carbocycles. The van der Waals surface area contributed by atoms with Gasteiger partial charge in [-0.05, 0) is 67.1 Å². The van der Waals surface area contributed by atoms with E-state index in [1.807, 2.05) is 6.07 Å². The molecule has 0 atom stereocenters. The van der Waals surface area contributed by atoms with E-state index in [1.165, 1.54) is 69.9 Å². The molecule has 0 N–H and O–H groups in total. The monoisotopic (exact) mass is 451 g/mol. The second-order valence-corrected chi connectivity index (χ2v) is 9.04. The van der Waals surface area contributed by atoms with E-state index in [2.05, 4.69) is 6.92 Å². The number of carbonyl (C=O) groups is 1. The standard InChI is InChI=1S/C28H34FNO3/c1-2-3-4-6-21-8-10-22(11-9-21)7-5-18-32-25-15-13-24(14-16-25)28(31)33-27-17-12-23(20-30)19-26(27)29/h12-17,19,21-22H,2-11,18H2,1H3. The summed E-state index contributed by atoms with van der Waals surface area (Å²) >= 11 is 0. The first-order chi connectivity index (χ1) is 16.1. The Labute approximate surface area is 196 Å². The molecule has 33 heavy (non-hydrogen) atoms. The SMILES string of the molecule is CCCCCC1CCC(CCCOc2ccc(C(=O)Oc3ccc(C#N)cc3F)cc2)CC1. The van der Waals surface area contributed by atoms with Gasteiger partial charge in [0.2, 0.25) is 0 Å². The van der Waals surface area contributed by atoms with Gasteiger partial charge in [-0.3, -0.25) is 0 Å². The van der Waals surface area contributed by atoms with E-state index >= 15 is 0 Å². The van der Waals surface area contributed by atoms with E-state index in [9.17, 15) is 9.18 Å².